The average Bonchev–Trinajstić information content (AvgIpc) is 3.43. The van der Waals surface area contributed by atoms with Crippen LogP contribution in [0.2, 0.25) is 0 Å². The van der Waals surface area contributed by atoms with Crippen molar-refractivity contribution in [2.24, 2.45) is 28.6 Å². The van der Waals surface area contributed by atoms with Crippen LogP contribution in [0, 0.1) is 40.2 Å². The summed E-state index contributed by atoms with van der Waals surface area (Å²) in [6.07, 6.45) is 8.69. The number of allylic oxidation sites excluding steroid dienone is 2. The van der Waals surface area contributed by atoms with E-state index in [1.165, 1.54) is 24.5 Å². The van der Waals surface area contributed by atoms with Gasteiger partial charge in [0, 0.05) is 36.2 Å². The maximum atomic E-state index is 14.5. The quantitative estimate of drug-likeness (QED) is 0.126. The minimum atomic E-state index is -1.16. The van der Waals surface area contributed by atoms with Crippen LogP contribution in [0.1, 0.15) is 124 Å². The molecule has 9 rings (SSSR count). The number of ether oxygens (including phenoxy) is 1. The highest BCUT2D eigenvalue weighted by molar-refractivity contribution is 6.10. The van der Waals surface area contributed by atoms with Gasteiger partial charge in [-0.05, 0) is 141 Å². The smallest absolute Gasteiger partial charge is 0.193 e. The second-order valence-corrected chi connectivity index (χ2v) is 19.0. The van der Waals surface area contributed by atoms with Crippen molar-refractivity contribution in [1.82, 2.24) is 4.90 Å². The summed E-state index contributed by atoms with van der Waals surface area (Å²) in [5.74, 6) is -0.873. The molecule has 8 atom stereocenters. The first-order chi connectivity index (χ1) is 27.2. The Morgan fingerprint density at radius 3 is 2.49 bits per heavy atom. The molecule has 6 aliphatic rings. The van der Waals surface area contributed by atoms with E-state index in [0.29, 0.717) is 74.6 Å². The summed E-state index contributed by atoms with van der Waals surface area (Å²) in [6, 6.07) is 19.0. The van der Waals surface area contributed by atoms with Crippen LogP contribution >= 0.6 is 0 Å². The summed E-state index contributed by atoms with van der Waals surface area (Å²) >= 11 is 0. The number of hydrogen-bond donors (Lipinski definition) is 3. The van der Waals surface area contributed by atoms with Gasteiger partial charge >= 0.3 is 0 Å². The fraction of sp³-hybridized carbons (Fsp3) is 0.571. The van der Waals surface area contributed by atoms with Gasteiger partial charge in [-0.2, -0.15) is 0 Å². The highest BCUT2D eigenvalue weighted by atomic mass is 19.2. The molecule has 308 valence electrons. The lowest BCUT2D eigenvalue weighted by Gasteiger charge is -2.61. The van der Waals surface area contributed by atoms with E-state index in [0.717, 1.165) is 60.5 Å². The zero-order chi connectivity index (χ0) is 40.5. The van der Waals surface area contributed by atoms with Crippen LogP contribution in [0.3, 0.4) is 0 Å². The van der Waals surface area contributed by atoms with Crippen molar-refractivity contribution >= 4 is 5.78 Å². The van der Waals surface area contributed by atoms with E-state index >= 15 is 0 Å². The first kappa shape index (κ1) is 41.9. The van der Waals surface area contributed by atoms with Crippen LogP contribution in [0.4, 0.5) is 8.78 Å². The lowest BCUT2D eigenvalue weighted by Crippen LogP contribution is -2.58. The predicted molar refractivity (Wildman–Crippen MR) is 220 cm³/mol. The van der Waals surface area contributed by atoms with Crippen molar-refractivity contribution < 1.29 is 33.6 Å². The van der Waals surface area contributed by atoms with Crippen LogP contribution in [0.5, 0.6) is 0 Å². The summed E-state index contributed by atoms with van der Waals surface area (Å²) < 4.78 is 34.6. The third-order valence-electron chi connectivity index (χ3n) is 15.0. The molecule has 0 radical (unpaired) electrons. The van der Waals surface area contributed by atoms with Gasteiger partial charge in [0.25, 0.3) is 0 Å². The number of carbonyl (C=O) groups is 1. The fourth-order valence-electron chi connectivity index (χ4n) is 11.3. The summed E-state index contributed by atoms with van der Waals surface area (Å²) in [5.41, 5.74) is 2.75. The van der Waals surface area contributed by atoms with Gasteiger partial charge in [0.15, 0.2) is 17.4 Å². The van der Waals surface area contributed by atoms with E-state index < -0.39 is 40.6 Å². The van der Waals surface area contributed by atoms with Crippen LogP contribution < -0.4 is 0 Å². The molecule has 0 saturated heterocycles. The normalized spacial score (nSPS) is 30.3. The third-order valence-corrected chi connectivity index (χ3v) is 15.0. The molecule has 0 aromatic heterocycles. The zero-order valence-corrected chi connectivity index (χ0v) is 34.4. The number of hydrogen-bond acceptors (Lipinski definition) is 6. The van der Waals surface area contributed by atoms with E-state index in [2.05, 4.69) is 38.7 Å². The predicted octanol–water partition coefficient (Wildman–Crippen LogP) is 9.19. The lowest BCUT2D eigenvalue weighted by atomic mass is 9.45. The maximum absolute atomic E-state index is 14.5. The van der Waals surface area contributed by atoms with Crippen molar-refractivity contribution in [2.45, 2.75) is 122 Å². The molecule has 4 fully saturated rings. The Morgan fingerprint density at radius 2 is 1.75 bits per heavy atom. The van der Waals surface area contributed by atoms with Crippen LogP contribution in [0.15, 0.2) is 78.4 Å². The lowest BCUT2D eigenvalue weighted by molar-refractivity contribution is -0.127. The number of benzene rings is 3. The molecule has 8 heteroatoms. The van der Waals surface area contributed by atoms with Crippen LogP contribution in [-0.2, 0) is 17.8 Å². The molecule has 4 bridgehead atoms. The number of fused-ring (bicyclic) bond motifs is 10. The second kappa shape index (κ2) is 17.1. The number of aliphatic hydroxyl groups is 3. The Balaban J connectivity index is 1.22. The molecular weight excluding hydrogens is 721 g/mol. The minimum Gasteiger partial charge on any atom is -0.393 e. The van der Waals surface area contributed by atoms with Crippen molar-refractivity contribution in [3.63, 3.8) is 0 Å². The summed E-state index contributed by atoms with van der Waals surface area (Å²) in [5, 5.41) is 35.7. The van der Waals surface area contributed by atoms with Crippen molar-refractivity contribution in [3.8, 4) is 0 Å². The summed E-state index contributed by atoms with van der Waals surface area (Å²) in [6.45, 7) is 11.2. The fourth-order valence-corrected chi connectivity index (χ4v) is 11.3. The molecule has 4 saturated carbocycles. The Hall–Kier alpha value is -3.27. The number of nitrogens with zero attached hydrogens (tertiary/aromatic N) is 1. The molecule has 3 aromatic rings. The first-order valence-corrected chi connectivity index (χ1v) is 21.4. The third kappa shape index (κ3) is 8.86. The molecule has 3 N–H and O–H groups in total. The molecule has 0 aliphatic heterocycles. The first-order valence-electron chi connectivity index (χ1n) is 21.4. The SMILES string of the molecule is CC1=CCC[C@@]2(C)[C@@H](CC[C@@]2(O)CN(C[C@@H](O)COCc2ccccc2)C[C@@H]2CC[C@H]3C[C@@H]2C3(C)C)c2ccc(cc2C(=O)c2ccc(F)c(F)c2)C[C@@H](O)CC1. The van der Waals surface area contributed by atoms with E-state index in [9.17, 15) is 28.9 Å². The van der Waals surface area contributed by atoms with Gasteiger partial charge in [0.1, 0.15) is 0 Å². The standard InChI is InChI=1S/C49H63F2NO5/c1-32-9-8-21-48(4)42(40-18-13-34(23-38(53)17-12-32)24-41(40)46(55)35-15-19-44(50)45(51)25-35)20-22-49(48,56)31-52(27-36-14-16-37-26-43(36)47(37,2)3)28-39(54)30-57-29-33-10-6-5-7-11-33/h5-7,9-11,13,15,18-19,24-25,36-39,42-43,53-54,56H,8,12,14,16-17,20-23,26-31H2,1-4H3/t36-,37-,38-,39+,42-,43-,48-,49+/m0/s1. The van der Waals surface area contributed by atoms with Gasteiger partial charge < -0.3 is 20.1 Å². The van der Waals surface area contributed by atoms with E-state index in [-0.39, 0.29) is 18.1 Å². The van der Waals surface area contributed by atoms with Gasteiger partial charge in [0.2, 0.25) is 0 Å². The average molecular weight is 784 g/mol. The Morgan fingerprint density at radius 1 is 0.965 bits per heavy atom. The number of carbonyl (C=O) groups excluding carboxylic acids is 1. The largest absolute Gasteiger partial charge is 0.393 e. The Bertz CT molecular complexity index is 1910. The second-order valence-electron chi connectivity index (χ2n) is 19.0. The molecule has 0 spiro atoms. The highest BCUT2D eigenvalue weighted by Gasteiger charge is 2.58. The van der Waals surface area contributed by atoms with Gasteiger partial charge in [-0.15, -0.1) is 0 Å². The van der Waals surface area contributed by atoms with Gasteiger partial charge in [-0.1, -0.05) is 74.9 Å². The molecule has 57 heavy (non-hydrogen) atoms. The minimum absolute atomic E-state index is 0.0609. The highest BCUT2D eigenvalue weighted by Crippen LogP contribution is 2.62. The molecule has 0 heterocycles. The molecule has 6 aliphatic carbocycles. The molecule has 0 unspecified atom stereocenters. The van der Waals surface area contributed by atoms with E-state index in [1.807, 2.05) is 48.5 Å². The van der Waals surface area contributed by atoms with Gasteiger partial charge in [-0.3, -0.25) is 9.69 Å². The summed E-state index contributed by atoms with van der Waals surface area (Å²) in [4.78, 5) is 16.7. The van der Waals surface area contributed by atoms with Crippen LogP contribution in [0.25, 0.3) is 0 Å². The summed E-state index contributed by atoms with van der Waals surface area (Å²) in [7, 11) is 0. The van der Waals surface area contributed by atoms with Crippen molar-refractivity contribution in [1.29, 1.82) is 0 Å². The topological polar surface area (TPSA) is 90.2 Å². The molecule has 0 amide bonds. The maximum Gasteiger partial charge on any atom is 0.193 e. The molecular formula is C49H63F2NO5. The van der Waals surface area contributed by atoms with Gasteiger partial charge in [-0.25, -0.2) is 8.78 Å². The number of ketones is 1. The van der Waals surface area contributed by atoms with E-state index in [1.54, 1.807) is 0 Å². The molecule has 3 aromatic carbocycles. The van der Waals surface area contributed by atoms with Crippen molar-refractivity contribution in [2.75, 3.05) is 26.2 Å². The number of halogens is 2. The van der Waals surface area contributed by atoms with E-state index in [4.69, 9.17) is 4.74 Å². The van der Waals surface area contributed by atoms with Crippen molar-refractivity contribution in [3.05, 3.63) is 118 Å². The monoisotopic (exact) mass is 783 g/mol. The van der Waals surface area contributed by atoms with Gasteiger partial charge in [0.05, 0.1) is 31.0 Å². The number of aliphatic hydroxyl groups excluding tert-OH is 2. The molecule has 6 nitrogen and oxygen atoms in total. The zero-order valence-electron chi connectivity index (χ0n) is 34.4. The Kier molecular flexibility index (Phi) is 12.6. The van der Waals surface area contributed by atoms with Crippen LogP contribution in [-0.4, -0.2) is 70.1 Å². The number of rotatable bonds is 12. The Labute approximate surface area is 338 Å².